The summed E-state index contributed by atoms with van der Waals surface area (Å²) in [7, 11) is 0. The number of para-hydroxylation sites is 1. The lowest BCUT2D eigenvalue weighted by molar-refractivity contribution is 0.669. The summed E-state index contributed by atoms with van der Waals surface area (Å²) in [4.78, 5) is 14.7. The summed E-state index contributed by atoms with van der Waals surface area (Å²) < 4.78 is 8.60. The van der Waals surface area contributed by atoms with E-state index in [-0.39, 0.29) is 0 Å². The number of furan rings is 1. The molecule has 0 saturated heterocycles. The second-order valence-electron chi connectivity index (χ2n) is 10.8. The van der Waals surface area contributed by atoms with Crippen molar-refractivity contribution in [2.45, 2.75) is 0 Å². The van der Waals surface area contributed by atoms with Gasteiger partial charge in [0.05, 0.1) is 0 Å². The highest BCUT2D eigenvalue weighted by atomic mass is 32.1. The van der Waals surface area contributed by atoms with Gasteiger partial charge in [0.25, 0.3) is 0 Å². The fraction of sp³-hybridized carbons (Fsp3) is 0. The lowest BCUT2D eigenvalue weighted by Gasteiger charge is -2.08. The van der Waals surface area contributed by atoms with Crippen LogP contribution in [0.4, 0.5) is 0 Å². The molecule has 0 aliphatic carbocycles. The number of rotatable bonds is 4. The predicted molar refractivity (Wildman–Crippen MR) is 182 cm³/mol. The van der Waals surface area contributed by atoms with Gasteiger partial charge < -0.3 is 4.42 Å². The monoisotopic (exact) mass is 581 g/mol. The molecule has 0 saturated carbocycles. The van der Waals surface area contributed by atoms with Gasteiger partial charge in [-0.05, 0) is 35.4 Å². The zero-order valence-corrected chi connectivity index (χ0v) is 24.3. The molecule has 0 unspecified atom stereocenters. The molecule has 3 heterocycles. The van der Waals surface area contributed by atoms with Crippen LogP contribution in [0.2, 0.25) is 0 Å². The van der Waals surface area contributed by atoms with E-state index in [4.69, 9.17) is 19.4 Å². The minimum atomic E-state index is 0.663. The quantitative estimate of drug-likeness (QED) is 0.207. The summed E-state index contributed by atoms with van der Waals surface area (Å²) in [5.74, 6) is 1.99. The van der Waals surface area contributed by atoms with Crippen LogP contribution in [0.15, 0.2) is 144 Å². The topological polar surface area (TPSA) is 51.8 Å². The molecule has 5 heteroatoms. The minimum absolute atomic E-state index is 0.663. The van der Waals surface area contributed by atoms with E-state index in [9.17, 15) is 0 Å². The van der Waals surface area contributed by atoms with Crippen molar-refractivity contribution in [1.82, 2.24) is 15.0 Å². The minimum Gasteiger partial charge on any atom is -0.456 e. The molecule has 0 fully saturated rings. The molecule has 3 aromatic heterocycles. The Kier molecular flexibility index (Phi) is 5.64. The molecule has 0 aliphatic heterocycles. The average molecular weight is 582 g/mol. The van der Waals surface area contributed by atoms with Gasteiger partial charge in [-0.2, -0.15) is 0 Å². The van der Waals surface area contributed by atoms with Gasteiger partial charge in [-0.1, -0.05) is 115 Å². The number of aromatic nitrogens is 3. The lowest BCUT2D eigenvalue weighted by atomic mass is 9.98. The largest absolute Gasteiger partial charge is 0.456 e. The Morgan fingerprint density at radius 1 is 0.409 bits per heavy atom. The number of hydrogen-bond donors (Lipinski definition) is 0. The fourth-order valence-corrected chi connectivity index (χ4v) is 7.22. The van der Waals surface area contributed by atoms with Crippen molar-refractivity contribution in [1.29, 1.82) is 0 Å². The van der Waals surface area contributed by atoms with Crippen LogP contribution >= 0.6 is 11.3 Å². The van der Waals surface area contributed by atoms with Crippen molar-refractivity contribution in [3.63, 3.8) is 0 Å². The summed E-state index contributed by atoms with van der Waals surface area (Å²) in [6.07, 6.45) is 0. The average Bonchev–Trinajstić information content (AvgIpc) is 3.66. The first-order valence-corrected chi connectivity index (χ1v) is 15.3. The number of thiophene rings is 1. The van der Waals surface area contributed by atoms with Crippen LogP contribution in [0.25, 0.3) is 87.4 Å². The molecule has 0 bridgehead atoms. The van der Waals surface area contributed by atoms with Crippen LogP contribution in [-0.2, 0) is 0 Å². The third kappa shape index (κ3) is 4.09. The third-order valence-corrected chi connectivity index (χ3v) is 9.26. The van der Waals surface area contributed by atoms with Crippen molar-refractivity contribution in [3.8, 4) is 45.3 Å². The summed E-state index contributed by atoms with van der Waals surface area (Å²) >= 11 is 1.80. The van der Waals surface area contributed by atoms with Gasteiger partial charge in [0.2, 0.25) is 0 Å². The number of benzene rings is 6. The van der Waals surface area contributed by atoms with Gasteiger partial charge in [0.15, 0.2) is 17.5 Å². The van der Waals surface area contributed by atoms with E-state index in [1.165, 1.54) is 31.3 Å². The Bertz CT molecular complexity index is 2440. The van der Waals surface area contributed by atoms with E-state index >= 15 is 0 Å². The molecule has 44 heavy (non-hydrogen) atoms. The van der Waals surface area contributed by atoms with Gasteiger partial charge in [0.1, 0.15) is 11.2 Å². The summed E-state index contributed by atoms with van der Waals surface area (Å²) in [5, 5.41) is 4.77. The van der Waals surface area contributed by atoms with Crippen LogP contribution in [-0.4, -0.2) is 15.0 Å². The van der Waals surface area contributed by atoms with Crippen molar-refractivity contribution < 1.29 is 4.42 Å². The van der Waals surface area contributed by atoms with E-state index in [1.54, 1.807) is 11.3 Å². The molecule has 9 rings (SSSR count). The standard InChI is InChI=1S/C39H23N3OS/c1-3-10-24(11-4-1)37-40-38(25-12-5-2-6-13-25)42-39(41-37)27-19-21-30-29-20-18-26(22-34(29)44-35(30)23-27)28-15-9-17-33-36(28)31-14-7-8-16-32(31)43-33/h1-23H. The maximum atomic E-state index is 6.16. The van der Waals surface area contributed by atoms with Crippen LogP contribution in [0.1, 0.15) is 0 Å². The highest BCUT2D eigenvalue weighted by molar-refractivity contribution is 7.25. The summed E-state index contributed by atoms with van der Waals surface area (Å²) in [5.41, 5.74) is 7.07. The van der Waals surface area contributed by atoms with E-state index in [0.29, 0.717) is 17.5 Å². The van der Waals surface area contributed by atoms with E-state index < -0.39 is 0 Å². The molecule has 0 N–H and O–H groups in total. The molecule has 0 aliphatic rings. The Morgan fingerprint density at radius 2 is 0.955 bits per heavy atom. The first kappa shape index (κ1) is 24.9. The maximum Gasteiger partial charge on any atom is 0.164 e. The Labute approximate surface area is 256 Å². The molecular formula is C39H23N3OS. The molecule has 6 aromatic carbocycles. The van der Waals surface area contributed by atoms with Gasteiger partial charge in [-0.15, -0.1) is 11.3 Å². The van der Waals surface area contributed by atoms with Crippen LogP contribution in [0.5, 0.6) is 0 Å². The molecule has 0 atom stereocenters. The van der Waals surface area contributed by atoms with E-state index in [0.717, 1.165) is 38.6 Å². The molecule has 4 nitrogen and oxygen atoms in total. The van der Waals surface area contributed by atoms with Crippen LogP contribution in [0.3, 0.4) is 0 Å². The summed E-state index contributed by atoms with van der Waals surface area (Å²) in [6.45, 7) is 0. The SMILES string of the molecule is c1ccc(-c2nc(-c3ccccc3)nc(-c3ccc4c(c3)sc3cc(-c5cccc6oc7ccccc7c56)ccc34)n2)cc1. The summed E-state index contributed by atoms with van der Waals surface area (Å²) in [6, 6.07) is 48.0. The zero-order chi connectivity index (χ0) is 29.0. The predicted octanol–water partition coefficient (Wildman–Crippen LogP) is 10.8. The first-order chi connectivity index (χ1) is 21.8. The number of hydrogen-bond acceptors (Lipinski definition) is 5. The Balaban J connectivity index is 1.18. The van der Waals surface area contributed by atoms with Gasteiger partial charge >= 0.3 is 0 Å². The van der Waals surface area contributed by atoms with Crippen molar-refractivity contribution in [2.24, 2.45) is 0 Å². The fourth-order valence-electron chi connectivity index (χ4n) is 6.04. The zero-order valence-electron chi connectivity index (χ0n) is 23.4. The first-order valence-electron chi connectivity index (χ1n) is 14.5. The maximum absolute atomic E-state index is 6.16. The normalized spacial score (nSPS) is 11.6. The van der Waals surface area contributed by atoms with Gasteiger partial charge in [-0.3, -0.25) is 0 Å². The molecule has 206 valence electrons. The van der Waals surface area contributed by atoms with E-state index in [1.807, 2.05) is 78.9 Å². The number of fused-ring (bicyclic) bond motifs is 6. The second kappa shape index (κ2) is 9.97. The lowest BCUT2D eigenvalue weighted by Crippen LogP contribution is -1.99. The van der Waals surface area contributed by atoms with Gasteiger partial charge in [0, 0.05) is 47.6 Å². The van der Waals surface area contributed by atoms with E-state index in [2.05, 4.69) is 60.7 Å². The van der Waals surface area contributed by atoms with Gasteiger partial charge in [-0.25, -0.2) is 15.0 Å². The number of nitrogens with zero attached hydrogens (tertiary/aromatic N) is 3. The Hall–Kier alpha value is -5.65. The molecule has 0 amide bonds. The molecule has 0 spiro atoms. The smallest absolute Gasteiger partial charge is 0.164 e. The molecular weight excluding hydrogens is 559 g/mol. The molecule has 9 aromatic rings. The van der Waals surface area contributed by atoms with Crippen molar-refractivity contribution in [3.05, 3.63) is 140 Å². The van der Waals surface area contributed by atoms with Crippen molar-refractivity contribution in [2.75, 3.05) is 0 Å². The second-order valence-corrected chi connectivity index (χ2v) is 11.9. The highest BCUT2D eigenvalue weighted by Gasteiger charge is 2.16. The van der Waals surface area contributed by atoms with Crippen LogP contribution in [0, 0.1) is 0 Å². The molecule has 0 radical (unpaired) electrons. The highest BCUT2D eigenvalue weighted by Crippen LogP contribution is 2.41. The third-order valence-electron chi connectivity index (χ3n) is 8.14. The Morgan fingerprint density at radius 3 is 1.64 bits per heavy atom. The van der Waals surface area contributed by atoms with Crippen molar-refractivity contribution >= 4 is 53.4 Å². The van der Waals surface area contributed by atoms with Crippen LogP contribution < -0.4 is 0 Å².